The van der Waals surface area contributed by atoms with Crippen LogP contribution in [0.1, 0.15) is 0 Å². The third kappa shape index (κ3) is 2.16. The van der Waals surface area contributed by atoms with Gasteiger partial charge in [0, 0.05) is 23.2 Å². The first-order valence-electron chi connectivity index (χ1n) is 7.31. The van der Waals surface area contributed by atoms with Gasteiger partial charge < -0.3 is 9.72 Å². The van der Waals surface area contributed by atoms with Gasteiger partial charge in [0.2, 0.25) is 0 Å². The first-order valence-corrected chi connectivity index (χ1v) is 7.31. The number of pyridine rings is 2. The van der Waals surface area contributed by atoms with Gasteiger partial charge in [-0.1, -0.05) is 18.2 Å². The summed E-state index contributed by atoms with van der Waals surface area (Å²) in [6.45, 7) is 0. The minimum Gasteiger partial charge on any atom is -0.494 e. The highest BCUT2D eigenvalue weighted by Gasteiger charge is 2.10. The van der Waals surface area contributed by atoms with Crippen LogP contribution in [0.4, 0.5) is 0 Å². The Bertz CT molecular complexity index is 1080. The fraction of sp³-hybridized carbons (Fsp3) is 0.0526. The molecule has 0 aliphatic carbocycles. The molecular formula is C19H14N2O2. The normalized spacial score (nSPS) is 11.0. The maximum atomic E-state index is 12.0. The zero-order valence-electron chi connectivity index (χ0n) is 12.5. The molecule has 0 atom stereocenters. The zero-order chi connectivity index (χ0) is 15.8. The van der Waals surface area contributed by atoms with Crippen LogP contribution in [0.3, 0.4) is 0 Å². The molecule has 0 saturated carbocycles. The van der Waals surface area contributed by atoms with E-state index in [1.807, 2.05) is 48.5 Å². The summed E-state index contributed by atoms with van der Waals surface area (Å²) in [5.41, 5.74) is 2.74. The number of ether oxygens (including phenoxy) is 1. The third-order valence-electron chi connectivity index (χ3n) is 4.04. The van der Waals surface area contributed by atoms with E-state index >= 15 is 0 Å². The molecule has 0 bridgehead atoms. The predicted octanol–water partition coefficient (Wildman–Crippen LogP) is 3.75. The van der Waals surface area contributed by atoms with Crippen molar-refractivity contribution in [1.29, 1.82) is 0 Å². The number of aromatic nitrogens is 2. The first-order chi connectivity index (χ1) is 11.3. The monoisotopic (exact) mass is 302 g/mol. The van der Waals surface area contributed by atoms with Gasteiger partial charge in [-0.2, -0.15) is 0 Å². The molecule has 4 nitrogen and oxygen atoms in total. The van der Waals surface area contributed by atoms with Crippen molar-refractivity contribution in [2.45, 2.75) is 0 Å². The van der Waals surface area contributed by atoms with Gasteiger partial charge in [-0.25, -0.2) is 0 Å². The molecule has 0 aliphatic heterocycles. The van der Waals surface area contributed by atoms with E-state index in [4.69, 9.17) is 4.74 Å². The molecule has 4 heteroatoms. The number of methoxy groups -OCH3 is 1. The molecule has 0 aliphatic rings. The Morgan fingerprint density at radius 3 is 2.83 bits per heavy atom. The molecule has 2 aromatic carbocycles. The summed E-state index contributed by atoms with van der Waals surface area (Å²) >= 11 is 0. The largest absolute Gasteiger partial charge is 0.494 e. The van der Waals surface area contributed by atoms with Gasteiger partial charge in [-0.05, 0) is 46.8 Å². The number of hydrogen-bond donors (Lipinski definition) is 1. The van der Waals surface area contributed by atoms with Crippen LogP contribution in [-0.2, 0) is 0 Å². The van der Waals surface area contributed by atoms with Crippen molar-refractivity contribution in [2.75, 3.05) is 7.11 Å². The summed E-state index contributed by atoms with van der Waals surface area (Å²) < 4.78 is 5.39. The molecule has 0 radical (unpaired) electrons. The lowest BCUT2D eigenvalue weighted by atomic mass is 9.98. The van der Waals surface area contributed by atoms with Crippen molar-refractivity contribution < 1.29 is 4.74 Å². The van der Waals surface area contributed by atoms with Crippen LogP contribution >= 0.6 is 0 Å². The summed E-state index contributed by atoms with van der Waals surface area (Å²) in [6, 6.07) is 15.6. The van der Waals surface area contributed by atoms with Crippen LogP contribution < -0.4 is 10.3 Å². The first kappa shape index (κ1) is 13.5. The molecule has 2 heterocycles. The smallest absolute Gasteiger partial charge is 0.255 e. The number of aromatic amines is 1. The Morgan fingerprint density at radius 2 is 1.96 bits per heavy atom. The molecular weight excluding hydrogens is 288 g/mol. The SMILES string of the molecule is COc1ccc(-c2ccc3cc[nH]c(=O)c3c2)c2cccnc12. The highest BCUT2D eigenvalue weighted by atomic mass is 16.5. The van der Waals surface area contributed by atoms with Gasteiger partial charge in [-0.15, -0.1) is 0 Å². The van der Waals surface area contributed by atoms with Crippen molar-refractivity contribution in [3.8, 4) is 16.9 Å². The van der Waals surface area contributed by atoms with Crippen LogP contribution in [0.15, 0.2) is 65.7 Å². The van der Waals surface area contributed by atoms with Crippen LogP contribution in [0.2, 0.25) is 0 Å². The van der Waals surface area contributed by atoms with E-state index in [0.29, 0.717) is 5.39 Å². The van der Waals surface area contributed by atoms with Crippen molar-refractivity contribution in [3.63, 3.8) is 0 Å². The van der Waals surface area contributed by atoms with Crippen molar-refractivity contribution >= 4 is 21.7 Å². The Kier molecular flexibility index (Phi) is 3.08. The Balaban J connectivity index is 2.03. The van der Waals surface area contributed by atoms with Crippen molar-refractivity contribution in [2.24, 2.45) is 0 Å². The topological polar surface area (TPSA) is 55.0 Å². The second-order valence-electron chi connectivity index (χ2n) is 5.32. The highest BCUT2D eigenvalue weighted by Crippen LogP contribution is 2.33. The standard InChI is InChI=1S/C19H14N2O2/c1-23-17-7-6-14(15-3-2-9-20-18(15)17)13-5-4-12-8-10-21-19(22)16(12)11-13/h2-11H,1H3,(H,21,22). The van der Waals surface area contributed by atoms with Crippen LogP contribution in [0.25, 0.3) is 32.8 Å². The van der Waals surface area contributed by atoms with E-state index < -0.39 is 0 Å². The molecule has 0 unspecified atom stereocenters. The maximum Gasteiger partial charge on any atom is 0.255 e. The van der Waals surface area contributed by atoms with E-state index in [1.165, 1.54) is 0 Å². The van der Waals surface area contributed by atoms with Crippen molar-refractivity contribution in [3.05, 3.63) is 71.3 Å². The van der Waals surface area contributed by atoms with Gasteiger partial charge >= 0.3 is 0 Å². The average Bonchev–Trinajstić information content (AvgIpc) is 2.61. The number of rotatable bonds is 2. The Hall–Kier alpha value is -3.14. The summed E-state index contributed by atoms with van der Waals surface area (Å²) in [7, 11) is 1.64. The number of nitrogens with one attached hydrogen (secondary N) is 1. The Labute approximate surface area is 132 Å². The number of H-pyrrole nitrogens is 1. The lowest BCUT2D eigenvalue weighted by molar-refractivity contribution is 0.419. The number of benzene rings is 2. The lowest BCUT2D eigenvalue weighted by Gasteiger charge is -2.10. The van der Waals surface area contributed by atoms with Gasteiger partial charge in [0.05, 0.1) is 7.11 Å². The average molecular weight is 302 g/mol. The third-order valence-corrected chi connectivity index (χ3v) is 4.04. The summed E-state index contributed by atoms with van der Waals surface area (Å²) in [6.07, 6.45) is 3.41. The minimum absolute atomic E-state index is 0.0831. The fourth-order valence-electron chi connectivity index (χ4n) is 2.91. The van der Waals surface area contributed by atoms with Crippen LogP contribution in [0, 0.1) is 0 Å². The molecule has 23 heavy (non-hydrogen) atoms. The van der Waals surface area contributed by atoms with Crippen molar-refractivity contribution in [1.82, 2.24) is 9.97 Å². The summed E-state index contributed by atoms with van der Waals surface area (Å²) in [4.78, 5) is 19.2. The molecule has 0 amide bonds. The van der Waals surface area contributed by atoms with Gasteiger partial charge in [0.1, 0.15) is 11.3 Å². The molecule has 2 aromatic heterocycles. The van der Waals surface area contributed by atoms with E-state index in [0.717, 1.165) is 33.2 Å². The fourth-order valence-corrected chi connectivity index (χ4v) is 2.91. The second-order valence-corrected chi connectivity index (χ2v) is 5.32. The van der Waals surface area contributed by atoms with E-state index in [1.54, 1.807) is 19.5 Å². The van der Waals surface area contributed by atoms with Gasteiger partial charge in [-0.3, -0.25) is 9.78 Å². The number of nitrogens with zero attached hydrogens (tertiary/aromatic N) is 1. The summed E-state index contributed by atoms with van der Waals surface area (Å²) in [5.74, 6) is 0.739. The molecule has 1 N–H and O–H groups in total. The van der Waals surface area contributed by atoms with E-state index in [2.05, 4.69) is 9.97 Å². The van der Waals surface area contributed by atoms with E-state index in [-0.39, 0.29) is 5.56 Å². The Morgan fingerprint density at radius 1 is 1.04 bits per heavy atom. The lowest BCUT2D eigenvalue weighted by Crippen LogP contribution is -2.04. The quantitative estimate of drug-likeness (QED) is 0.613. The van der Waals surface area contributed by atoms with Gasteiger partial charge in [0.15, 0.2) is 0 Å². The minimum atomic E-state index is -0.0831. The van der Waals surface area contributed by atoms with Gasteiger partial charge in [0.25, 0.3) is 5.56 Å². The molecule has 0 fully saturated rings. The molecule has 112 valence electrons. The van der Waals surface area contributed by atoms with Crippen LogP contribution in [0.5, 0.6) is 5.75 Å². The summed E-state index contributed by atoms with van der Waals surface area (Å²) in [5, 5.41) is 2.60. The second kappa shape index (κ2) is 5.25. The zero-order valence-corrected chi connectivity index (χ0v) is 12.5. The number of fused-ring (bicyclic) bond motifs is 2. The maximum absolute atomic E-state index is 12.0. The predicted molar refractivity (Wildman–Crippen MR) is 91.9 cm³/mol. The number of hydrogen-bond acceptors (Lipinski definition) is 3. The highest BCUT2D eigenvalue weighted by molar-refractivity contribution is 5.99. The molecule has 4 rings (SSSR count). The van der Waals surface area contributed by atoms with E-state index in [9.17, 15) is 4.79 Å². The molecule has 4 aromatic rings. The molecule has 0 saturated heterocycles. The molecule has 0 spiro atoms. The van der Waals surface area contributed by atoms with Crippen LogP contribution in [-0.4, -0.2) is 17.1 Å².